The highest BCUT2D eigenvalue weighted by Gasteiger charge is 2.24. The lowest BCUT2D eigenvalue weighted by molar-refractivity contribution is -0.137. The molecule has 0 unspecified atom stereocenters. The van der Waals surface area contributed by atoms with Crippen LogP contribution in [0, 0.1) is 11.8 Å². The molecule has 1 aromatic rings. The molecule has 4 rings (SSSR count). The lowest BCUT2D eigenvalue weighted by Crippen LogP contribution is -2.17. The van der Waals surface area contributed by atoms with E-state index in [0.717, 1.165) is 54.8 Å². The van der Waals surface area contributed by atoms with E-state index in [9.17, 15) is 19.2 Å². The Hall–Kier alpha value is -2.61. The van der Waals surface area contributed by atoms with Gasteiger partial charge in [0, 0.05) is 12.8 Å². The number of imide groups is 1. The summed E-state index contributed by atoms with van der Waals surface area (Å²) < 4.78 is 5.37. The molecule has 1 saturated heterocycles. The average molecular weight is 544 g/mol. The van der Waals surface area contributed by atoms with Gasteiger partial charge in [-0.3, -0.25) is 24.5 Å². The molecule has 0 bridgehead atoms. The number of rotatable bonds is 10. The highest BCUT2D eigenvalue weighted by atomic mass is 32.2. The minimum Gasteiger partial charge on any atom is -0.481 e. The quantitative estimate of drug-likeness (QED) is 0.179. The van der Waals surface area contributed by atoms with Crippen LogP contribution in [0.2, 0.25) is 0 Å². The number of esters is 1. The normalized spacial score (nSPS) is 19.5. The van der Waals surface area contributed by atoms with Crippen molar-refractivity contribution in [2.45, 2.75) is 103 Å². The standard InChI is InChI=1S/C20H23NO4S.C10H18O2/c22-18(8-4-7-14-5-2-1-3-6-14)25-16-11-9-15(10-12-16)13-17-19(23)21-20(24)26-17;11-10(12)8-4-7-9-5-2-1-3-6-9/h9-14H,1-8H2,(H,21,23,24);9H,1-8H2,(H,11,12)/b17-13-;. The van der Waals surface area contributed by atoms with E-state index in [1.165, 1.54) is 64.2 Å². The van der Waals surface area contributed by atoms with Gasteiger partial charge < -0.3 is 9.84 Å². The Morgan fingerprint density at radius 1 is 0.868 bits per heavy atom. The van der Waals surface area contributed by atoms with Crippen LogP contribution in [0.1, 0.15) is 108 Å². The minimum atomic E-state index is -0.647. The number of thioether (sulfide) groups is 1. The van der Waals surface area contributed by atoms with Crippen molar-refractivity contribution in [2.75, 3.05) is 0 Å². The number of carbonyl (C=O) groups is 4. The molecule has 208 valence electrons. The second-order valence-electron chi connectivity index (χ2n) is 10.6. The summed E-state index contributed by atoms with van der Waals surface area (Å²) in [6.07, 6.45) is 19.8. The van der Waals surface area contributed by atoms with Gasteiger partial charge in [-0.05, 0) is 73.1 Å². The number of nitrogens with one attached hydrogen (secondary N) is 1. The molecule has 2 amide bonds. The molecule has 3 aliphatic rings. The molecule has 0 spiro atoms. The predicted octanol–water partition coefficient (Wildman–Crippen LogP) is 7.49. The van der Waals surface area contributed by atoms with Gasteiger partial charge in [-0.2, -0.15) is 0 Å². The summed E-state index contributed by atoms with van der Waals surface area (Å²) in [5.74, 6) is 0.872. The van der Waals surface area contributed by atoms with Crippen molar-refractivity contribution in [3.63, 3.8) is 0 Å². The van der Waals surface area contributed by atoms with Crippen molar-refractivity contribution in [3.05, 3.63) is 34.7 Å². The average Bonchev–Trinajstić information content (AvgIpc) is 3.22. The van der Waals surface area contributed by atoms with Crippen LogP contribution in [0.4, 0.5) is 4.79 Å². The number of benzene rings is 1. The third-order valence-electron chi connectivity index (χ3n) is 7.50. The number of hydrogen-bond acceptors (Lipinski definition) is 6. The van der Waals surface area contributed by atoms with Crippen LogP contribution in [-0.2, 0) is 14.4 Å². The Balaban J connectivity index is 0.000000279. The fraction of sp³-hybridized carbons (Fsp3) is 0.600. The summed E-state index contributed by atoms with van der Waals surface area (Å²) in [7, 11) is 0. The SMILES string of the molecule is O=C(CCCC1CCCCC1)Oc1ccc(/C=C2\SC(=O)NC2=O)cc1.O=C(O)CCCC1CCCCC1. The minimum absolute atomic E-state index is 0.205. The molecule has 8 heteroatoms. The maximum atomic E-state index is 12.0. The number of amides is 2. The van der Waals surface area contributed by atoms with Gasteiger partial charge in [-0.1, -0.05) is 76.3 Å². The predicted molar refractivity (Wildman–Crippen MR) is 150 cm³/mol. The Kier molecular flexibility index (Phi) is 12.9. The zero-order valence-electron chi connectivity index (χ0n) is 22.3. The van der Waals surface area contributed by atoms with Crippen molar-refractivity contribution >= 4 is 40.9 Å². The molecule has 1 aliphatic heterocycles. The fourth-order valence-corrected chi connectivity index (χ4v) is 6.10. The van der Waals surface area contributed by atoms with E-state index in [1.807, 2.05) is 0 Å². The molecule has 0 atom stereocenters. The third kappa shape index (κ3) is 11.4. The lowest BCUT2D eigenvalue weighted by Gasteiger charge is -2.20. The second-order valence-corrected chi connectivity index (χ2v) is 11.6. The van der Waals surface area contributed by atoms with Crippen LogP contribution in [0.3, 0.4) is 0 Å². The van der Waals surface area contributed by atoms with Crippen molar-refractivity contribution in [2.24, 2.45) is 11.8 Å². The molecule has 2 aliphatic carbocycles. The molecule has 2 saturated carbocycles. The van der Waals surface area contributed by atoms with Crippen molar-refractivity contribution in [1.82, 2.24) is 5.32 Å². The molecular formula is C30H41NO6S. The van der Waals surface area contributed by atoms with Gasteiger partial charge in [0.2, 0.25) is 0 Å². The summed E-state index contributed by atoms with van der Waals surface area (Å²) in [5, 5.41) is 10.3. The van der Waals surface area contributed by atoms with Gasteiger partial charge in [0.05, 0.1) is 4.91 Å². The van der Waals surface area contributed by atoms with E-state index in [0.29, 0.717) is 23.5 Å². The maximum absolute atomic E-state index is 12.0. The number of carboxylic acid groups (broad SMARTS) is 1. The first-order valence-electron chi connectivity index (χ1n) is 14.2. The van der Waals surface area contributed by atoms with E-state index < -0.39 is 5.97 Å². The Morgan fingerprint density at radius 2 is 1.42 bits per heavy atom. The summed E-state index contributed by atoms with van der Waals surface area (Å²) in [6, 6.07) is 6.91. The molecule has 0 aromatic heterocycles. The summed E-state index contributed by atoms with van der Waals surface area (Å²) in [6.45, 7) is 0. The van der Waals surface area contributed by atoms with E-state index in [2.05, 4.69) is 5.32 Å². The zero-order chi connectivity index (χ0) is 27.2. The number of hydrogen-bond donors (Lipinski definition) is 2. The van der Waals surface area contributed by atoms with Gasteiger partial charge in [-0.15, -0.1) is 0 Å². The Labute approximate surface area is 230 Å². The van der Waals surface area contributed by atoms with E-state index in [4.69, 9.17) is 9.84 Å². The summed E-state index contributed by atoms with van der Waals surface area (Å²) in [5.41, 5.74) is 0.773. The molecule has 0 radical (unpaired) electrons. The molecule has 7 nitrogen and oxygen atoms in total. The smallest absolute Gasteiger partial charge is 0.311 e. The first-order chi connectivity index (χ1) is 18.4. The van der Waals surface area contributed by atoms with Crippen LogP contribution in [0.25, 0.3) is 6.08 Å². The van der Waals surface area contributed by atoms with E-state index >= 15 is 0 Å². The van der Waals surface area contributed by atoms with Crippen LogP contribution in [-0.4, -0.2) is 28.2 Å². The largest absolute Gasteiger partial charge is 0.481 e. The van der Waals surface area contributed by atoms with Gasteiger partial charge in [0.25, 0.3) is 11.1 Å². The van der Waals surface area contributed by atoms with Crippen LogP contribution in [0.15, 0.2) is 29.2 Å². The Morgan fingerprint density at radius 3 is 1.92 bits per heavy atom. The van der Waals surface area contributed by atoms with E-state index in [1.54, 1.807) is 30.3 Å². The second kappa shape index (κ2) is 16.4. The maximum Gasteiger partial charge on any atom is 0.311 e. The molecule has 1 aromatic carbocycles. The van der Waals surface area contributed by atoms with Gasteiger partial charge in [0.15, 0.2) is 0 Å². The van der Waals surface area contributed by atoms with Gasteiger partial charge >= 0.3 is 11.9 Å². The Bertz CT molecular complexity index is 961. The third-order valence-corrected chi connectivity index (χ3v) is 8.31. The lowest BCUT2D eigenvalue weighted by atomic mass is 9.86. The number of carboxylic acids is 1. The topological polar surface area (TPSA) is 110 Å². The van der Waals surface area contributed by atoms with Gasteiger partial charge in [0.1, 0.15) is 5.75 Å². The molecule has 2 N–H and O–H groups in total. The first kappa shape index (κ1) is 29.9. The first-order valence-corrected chi connectivity index (χ1v) is 15.0. The molecule has 3 fully saturated rings. The van der Waals surface area contributed by atoms with Crippen LogP contribution in [0.5, 0.6) is 5.75 Å². The zero-order valence-corrected chi connectivity index (χ0v) is 23.1. The number of carbonyl (C=O) groups excluding carboxylic acids is 3. The van der Waals surface area contributed by atoms with Gasteiger partial charge in [-0.25, -0.2) is 0 Å². The number of ether oxygens (including phenoxy) is 1. The summed E-state index contributed by atoms with van der Waals surface area (Å²) in [4.78, 5) is 45.2. The monoisotopic (exact) mass is 543 g/mol. The fourth-order valence-electron chi connectivity index (χ4n) is 5.42. The molecule has 38 heavy (non-hydrogen) atoms. The van der Waals surface area contributed by atoms with Crippen molar-refractivity contribution in [3.8, 4) is 5.75 Å². The molecular weight excluding hydrogens is 502 g/mol. The number of aliphatic carboxylic acids is 1. The van der Waals surface area contributed by atoms with Crippen molar-refractivity contribution < 1.29 is 29.0 Å². The van der Waals surface area contributed by atoms with Crippen molar-refractivity contribution in [1.29, 1.82) is 0 Å². The van der Waals surface area contributed by atoms with Crippen LogP contribution < -0.4 is 10.1 Å². The van der Waals surface area contributed by atoms with Crippen LogP contribution >= 0.6 is 11.8 Å². The highest BCUT2D eigenvalue weighted by molar-refractivity contribution is 8.18. The molecule has 1 heterocycles. The summed E-state index contributed by atoms with van der Waals surface area (Å²) >= 11 is 0.880. The highest BCUT2D eigenvalue weighted by Crippen LogP contribution is 2.29. The van der Waals surface area contributed by atoms with E-state index in [-0.39, 0.29) is 17.1 Å².